The van der Waals surface area contributed by atoms with Crippen LogP contribution in [0.4, 0.5) is 0 Å². The Bertz CT molecular complexity index is 862. The number of rotatable bonds is 4. The van der Waals surface area contributed by atoms with Gasteiger partial charge < -0.3 is 4.90 Å². The lowest BCUT2D eigenvalue weighted by Crippen LogP contribution is -2.36. The first-order valence-electron chi connectivity index (χ1n) is 7.99. The molecule has 0 bridgehead atoms. The van der Waals surface area contributed by atoms with Gasteiger partial charge >= 0.3 is 0 Å². The Balaban J connectivity index is 1.93. The second kappa shape index (κ2) is 7.05. The Morgan fingerprint density at radius 1 is 1.12 bits per heavy atom. The summed E-state index contributed by atoms with van der Waals surface area (Å²) >= 11 is 4.42. The SMILES string of the molecule is CC(C)N(Cc1ccccc1)C(=O)c1cnc2c(S)cccc2c1. The van der Waals surface area contributed by atoms with Crippen molar-refractivity contribution >= 4 is 29.4 Å². The van der Waals surface area contributed by atoms with Gasteiger partial charge in [-0.2, -0.15) is 0 Å². The molecule has 0 radical (unpaired) electrons. The highest BCUT2D eigenvalue weighted by molar-refractivity contribution is 7.80. The zero-order valence-electron chi connectivity index (χ0n) is 13.8. The highest BCUT2D eigenvalue weighted by Crippen LogP contribution is 2.22. The molecule has 122 valence electrons. The maximum absolute atomic E-state index is 13.0. The molecule has 0 aliphatic rings. The quantitative estimate of drug-likeness (QED) is 0.708. The fourth-order valence-corrected chi connectivity index (χ4v) is 2.97. The molecule has 0 saturated heterocycles. The van der Waals surface area contributed by atoms with Crippen molar-refractivity contribution in [2.45, 2.75) is 31.3 Å². The number of nitrogens with zero attached hydrogens (tertiary/aromatic N) is 2. The average molecular weight is 336 g/mol. The summed E-state index contributed by atoms with van der Waals surface area (Å²) in [6.45, 7) is 4.64. The predicted molar refractivity (Wildman–Crippen MR) is 100 cm³/mol. The molecule has 0 spiro atoms. The fourth-order valence-electron chi connectivity index (χ4n) is 2.70. The Hall–Kier alpha value is -2.33. The van der Waals surface area contributed by atoms with Gasteiger partial charge in [-0.3, -0.25) is 9.78 Å². The Labute approximate surface area is 147 Å². The maximum atomic E-state index is 13.0. The van der Waals surface area contributed by atoms with Gasteiger partial charge in [0, 0.05) is 29.1 Å². The summed E-state index contributed by atoms with van der Waals surface area (Å²) in [6, 6.07) is 17.8. The first-order chi connectivity index (χ1) is 11.6. The number of hydrogen-bond donors (Lipinski definition) is 1. The number of benzene rings is 2. The monoisotopic (exact) mass is 336 g/mol. The fraction of sp³-hybridized carbons (Fsp3) is 0.200. The second-order valence-corrected chi connectivity index (χ2v) is 6.57. The molecule has 3 nitrogen and oxygen atoms in total. The molecule has 24 heavy (non-hydrogen) atoms. The van der Waals surface area contributed by atoms with E-state index in [4.69, 9.17) is 0 Å². The molecule has 0 fully saturated rings. The molecule has 0 saturated carbocycles. The van der Waals surface area contributed by atoms with Crippen molar-refractivity contribution in [3.63, 3.8) is 0 Å². The van der Waals surface area contributed by atoms with Gasteiger partial charge in [-0.1, -0.05) is 42.5 Å². The molecule has 4 heteroatoms. The maximum Gasteiger partial charge on any atom is 0.255 e. The van der Waals surface area contributed by atoms with Crippen molar-refractivity contribution in [1.82, 2.24) is 9.88 Å². The topological polar surface area (TPSA) is 33.2 Å². The minimum absolute atomic E-state index is 0.00665. The third-order valence-corrected chi connectivity index (χ3v) is 4.38. The van der Waals surface area contributed by atoms with Gasteiger partial charge in [-0.15, -0.1) is 12.6 Å². The van der Waals surface area contributed by atoms with Crippen molar-refractivity contribution in [2.24, 2.45) is 0 Å². The molecular formula is C20H20N2OS. The van der Waals surface area contributed by atoms with Crippen LogP contribution in [-0.2, 0) is 6.54 Å². The van der Waals surface area contributed by atoms with Crippen LogP contribution in [0, 0.1) is 0 Å². The van der Waals surface area contributed by atoms with E-state index in [-0.39, 0.29) is 11.9 Å². The Morgan fingerprint density at radius 2 is 1.88 bits per heavy atom. The molecule has 1 aromatic heterocycles. The molecule has 2 aromatic carbocycles. The summed E-state index contributed by atoms with van der Waals surface area (Å²) in [7, 11) is 0. The van der Waals surface area contributed by atoms with Gasteiger partial charge in [0.05, 0.1) is 11.1 Å². The highest BCUT2D eigenvalue weighted by Gasteiger charge is 2.20. The lowest BCUT2D eigenvalue weighted by atomic mass is 10.1. The minimum Gasteiger partial charge on any atom is -0.332 e. The van der Waals surface area contributed by atoms with Gasteiger partial charge in [0.1, 0.15) is 0 Å². The van der Waals surface area contributed by atoms with Crippen LogP contribution in [-0.4, -0.2) is 21.8 Å². The second-order valence-electron chi connectivity index (χ2n) is 6.09. The molecule has 1 heterocycles. The normalized spacial score (nSPS) is 11.0. The molecule has 3 rings (SSSR count). The molecule has 0 atom stereocenters. The van der Waals surface area contributed by atoms with Crippen LogP contribution in [0.15, 0.2) is 65.7 Å². The smallest absolute Gasteiger partial charge is 0.255 e. The number of carbonyl (C=O) groups excluding carboxylic acids is 1. The van der Waals surface area contributed by atoms with Gasteiger partial charge in [-0.25, -0.2) is 0 Å². The van der Waals surface area contributed by atoms with Crippen molar-refractivity contribution in [1.29, 1.82) is 0 Å². The summed E-state index contributed by atoms with van der Waals surface area (Å²) in [6.07, 6.45) is 1.64. The molecule has 1 amide bonds. The van der Waals surface area contributed by atoms with Crippen LogP contribution >= 0.6 is 12.6 Å². The lowest BCUT2D eigenvalue weighted by Gasteiger charge is -2.27. The largest absolute Gasteiger partial charge is 0.332 e. The summed E-state index contributed by atoms with van der Waals surface area (Å²) in [5.74, 6) is -0.00665. The van der Waals surface area contributed by atoms with Crippen molar-refractivity contribution < 1.29 is 4.79 Å². The first kappa shape index (κ1) is 16.5. The van der Waals surface area contributed by atoms with Crippen LogP contribution in [0.3, 0.4) is 0 Å². The van der Waals surface area contributed by atoms with E-state index >= 15 is 0 Å². The zero-order chi connectivity index (χ0) is 17.1. The minimum atomic E-state index is -0.00665. The van der Waals surface area contributed by atoms with Crippen molar-refractivity contribution in [3.05, 3.63) is 71.9 Å². The molecule has 3 aromatic rings. The predicted octanol–water partition coefficient (Wildman–Crippen LogP) is 4.57. The number of amides is 1. The first-order valence-corrected chi connectivity index (χ1v) is 8.43. The number of carbonyl (C=O) groups is 1. The summed E-state index contributed by atoms with van der Waals surface area (Å²) < 4.78 is 0. The van der Waals surface area contributed by atoms with Crippen molar-refractivity contribution in [3.8, 4) is 0 Å². The lowest BCUT2D eigenvalue weighted by molar-refractivity contribution is 0.0690. The van der Waals surface area contributed by atoms with Gasteiger partial charge in [0.25, 0.3) is 5.91 Å². The molecule has 0 aliphatic carbocycles. The van der Waals surface area contributed by atoms with Crippen LogP contribution in [0.2, 0.25) is 0 Å². The van der Waals surface area contributed by atoms with E-state index < -0.39 is 0 Å². The third kappa shape index (κ3) is 3.44. The van der Waals surface area contributed by atoms with Crippen LogP contribution in [0.1, 0.15) is 29.8 Å². The van der Waals surface area contributed by atoms with Gasteiger partial charge in [0.2, 0.25) is 0 Å². The number of hydrogen-bond acceptors (Lipinski definition) is 3. The molecule has 0 N–H and O–H groups in total. The average Bonchev–Trinajstić information content (AvgIpc) is 2.59. The standard InChI is InChI=1S/C20H20N2OS/c1-14(2)22(13-15-7-4-3-5-8-15)20(23)17-11-16-9-6-10-18(24)19(16)21-12-17/h3-12,14,24H,13H2,1-2H3. The van der Waals surface area contributed by atoms with Gasteiger partial charge in [-0.05, 0) is 31.5 Å². The van der Waals surface area contributed by atoms with E-state index in [1.165, 1.54) is 0 Å². The summed E-state index contributed by atoms with van der Waals surface area (Å²) in [5.41, 5.74) is 2.54. The number of para-hydroxylation sites is 1. The van der Waals surface area contributed by atoms with E-state index in [0.29, 0.717) is 12.1 Å². The molecule has 0 unspecified atom stereocenters. The van der Waals surface area contributed by atoms with E-state index in [2.05, 4.69) is 17.6 Å². The number of pyridine rings is 1. The summed E-state index contributed by atoms with van der Waals surface area (Å²) in [4.78, 5) is 20.1. The van der Waals surface area contributed by atoms with Crippen LogP contribution in [0.25, 0.3) is 10.9 Å². The van der Waals surface area contributed by atoms with E-state index in [1.54, 1.807) is 6.20 Å². The highest BCUT2D eigenvalue weighted by atomic mass is 32.1. The Morgan fingerprint density at radius 3 is 2.58 bits per heavy atom. The molecule has 0 aliphatic heterocycles. The number of thiol groups is 1. The van der Waals surface area contributed by atoms with E-state index in [0.717, 1.165) is 21.4 Å². The van der Waals surface area contributed by atoms with E-state index in [1.807, 2.05) is 73.3 Å². The number of aromatic nitrogens is 1. The zero-order valence-corrected chi connectivity index (χ0v) is 14.7. The van der Waals surface area contributed by atoms with Gasteiger partial charge in [0.15, 0.2) is 0 Å². The van der Waals surface area contributed by atoms with E-state index in [9.17, 15) is 4.79 Å². The molecular weight excluding hydrogens is 316 g/mol. The third-order valence-electron chi connectivity index (χ3n) is 4.02. The van der Waals surface area contributed by atoms with Crippen molar-refractivity contribution in [2.75, 3.05) is 0 Å². The summed E-state index contributed by atoms with van der Waals surface area (Å²) in [5, 5.41) is 0.928. The van der Waals surface area contributed by atoms with Crippen LogP contribution in [0.5, 0.6) is 0 Å². The number of fused-ring (bicyclic) bond motifs is 1. The Kier molecular flexibility index (Phi) is 4.86. The van der Waals surface area contributed by atoms with Crippen LogP contribution < -0.4 is 0 Å².